The molecule has 1 aromatic heterocycles. The van der Waals surface area contributed by atoms with Crippen molar-refractivity contribution in [1.82, 2.24) is 4.09 Å². The molecule has 0 unspecified atom stereocenters. The molecule has 22 heavy (non-hydrogen) atoms. The lowest BCUT2D eigenvalue weighted by atomic mass is 10.1. The molecule has 0 atom stereocenters. The van der Waals surface area contributed by atoms with E-state index in [1.807, 2.05) is 0 Å². The van der Waals surface area contributed by atoms with E-state index >= 15 is 0 Å². The highest BCUT2D eigenvalue weighted by atomic mass is 35.5. The highest BCUT2D eigenvalue weighted by Crippen LogP contribution is 2.40. The zero-order valence-electron chi connectivity index (χ0n) is 11.0. The summed E-state index contributed by atoms with van der Waals surface area (Å²) in [7, 11) is 0. The average molecular weight is 331 g/mol. The molecule has 1 aliphatic heterocycles. The first-order chi connectivity index (χ1) is 10.6. The molecule has 3 aromatic rings. The molecule has 0 saturated heterocycles. The third-order valence-electron chi connectivity index (χ3n) is 3.68. The number of carbonyl (C=O) groups excluding carboxylic acids is 1. The van der Waals surface area contributed by atoms with Crippen LogP contribution >= 0.6 is 23.4 Å². The van der Waals surface area contributed by atoms with Gasteiger partial charge >= 0.3 is 0 Å². The normalized spacial score (nSPS) is 13.5. The Hall–Kier alpha value is -2.30. The first-order valence-electron chi connectivity index (χ1n) is 6.50. The van der Waals surface area contributed by atoms with E-state index in [2.05, 4.69) is 4.99 Å². The van der Waals surface area contributed by atoms with Gasteiger partial charge in [-0.2, -0.15) is 0 Å². The van der Waals surface area contributed by atoms with Crippen molar-refractivity contribution in [2.45, 2.75) is 0 Å². The summed E-state index contributed by atoms with van der Waals surface area (Å²) in [5.41, 5.74) is 1.85. The minimum absolute atomic E-state index is 0.112. The fraction of sp³-hybridized carbons (Fsp3) is 0. The molecular weight excluding hydrogens is 323 g/mol. The Bertz CT molecular complexity index is 989. The lowest BCUT2D eigenvalue weighted by molar-refractivity contribution is 0.106. The Balaban J connectivity index is 2.02. The van der Waals surface area contributed by atoms with Crippen LogP contribution in [-0.4, -0.2) is 20.7 Å². The minimum atomic E-state index is -0.272. The van der Waals surface area contributed by atoms with Gasteiger partial charge in [-0.05, 0) is 24.3 Å². The molecule has 0 saturated carbocycles. The molecule has 0 aliphatic carbocycles. The number of ketones is 1. The molecule has 2 aromatic carbocycles. The van der Waals surface area contributed by atoms with Gasteiger partial charge in [-0.3, -0.25) is 4.79 Å². The predicted molar refractivity (Wildman–Crippen MR) is 86.8 cm³/mol. The molecule has 2 heterocycles. The highest BCUT2D eigenvalue weighted by Gasteiger charge is 2.32. The number of halogens is 2. The number of nitrogens with zero attached hydrogens (tertiary/aromatic N) is 2. The summed E-state index contributed by atoms with van der Waals surface area (Å²) in [5, 5.41) is 11.2. The van der Waals surface area contributed by atoms with E-state index in [0.29, 0.717) is 27.2 Å². The highest BCUT2D eigenvalue weighted by molar-refractivity contribution is 6.56. The van der Waals surface area contributed by atoms with Gasteiger partial charge in [0.1, 0.15) is 11.4 Å². The third-order valence-corrected chi connectivity index (χ3v) is 4.35. The summed E-state index contributed by atoms with van der Waals surface area (Å²) < 4.78 is 1.22. The Kier molecular flexibility index (Phi) is 2.79. The molecule has 1 N–H and O–H groups in total. The Morgan fingerprint density at radius 2 is 1.86 bits per heavy atom. The molecule has 6 heteroatoms. The number of aliphatic imine (C=N–C) groups is 1. The second kappa shape index (κ2) is 4.60. The van der Waals surface area contributed by atoms with Crippen molar-refractivity contribution in [3.8, 4) is 5.75 Å². The van der Waals surface area contributed by atoms with Crippen molar-refractivity contribution >= 4 is 51.5 Å². The van der Waals surface area contributed by atoms with Crippen molar-refractivity contribution in [2.75, 3.05) is 0 Å². The van der Waals surface area contributed by atoms with E-state index in [9.17, 15) is 9.90 Å². The van der Waals surface area contributed by atoms with Gasteiger partial charge in [-0.25, -0.2) is 9.08 Å². The van der Waals surface area contributed by atoms with Crippen molar-refractivity contribution in [1.29, 1.82) is 0 Å². The fourth-order valence-corrected chi connectivity index (χ4v) is 3.23. The maximum absolute atomic E-state index is 12.5. The van der Waals surface area contributed by atoms with E-state index < -0.39 is 0 Å². The molecular formula is C16H8Cl2N2O2. The number of Topliss-reactive ketones (excluding diaryl/α,β-unsaturated/α-hetero) is 1. The minimum Gasteiger partial charge on any atom is -0.505 e. The molecule has 0 fully saturated rings. The van der Waals surface area contributed by atoms with Crippen molar-refractivity contribution < 1.29 is 9.90 Å². The number of fused-ring (bicyclic) bond motifs is 2. The maximum atomic E-state index is 12.5. The number of aromatic hydroxyl groups is 1. The zero-order valence-corrected chi connectivity index (χ0v) is 12.6. The van der Waals surface area contributed by atoms with E-state index in [4.69, 9.17) is 23.4 Å². The van der Waals surface area contributed by atoms with Crippen LogP contribution in [0.1, 0.15) is 16.1 Å². The predicted octanol–water partition coefficient (Wildman–Crippen LogP) is 4.32. The lowest BCUT2D eigenvalue weighted by Gasteiger charge is -2.00. The van der Waals surface area contributed by atoms with Crippen LogP contribution < -0.4 is 0 Å². The largest absolute Gasteiger partial charge is 0.505 e. The number of rotatable bonds is 1. The number of hydrogen-bond donors (Lipinski definition) is 1. The van der Waals surface area contributed by atoms with Crippen LogP contribution in [0.3, 0.4) is 0 Å². The van der Waals surface area contributed by atoms with Crippen LogP contribution in [0.5, 0.6) is 5.75 Å². The second-order valence-corrected chi connectivity index (χ2v) is 5.66. The number of carbonyl (C=O) groups is 1. The van der Waals surface area contributed by atoms with Crippen LogP contribution in [0, 0.1) is 0 Å². The van der Waals surface area contributed by atoms with Gasteiger partial charge in [-0.15, -0.1) is 0 Å². The smallest absolute Gasteiger partial charge is 0.215 e. The molecule has 4 nitrogen and oxygen atoms in total. The van der Waals surface area contributed by atoms with Gasteiger partial charge in [0.05, 0.1) is 21.6 Å². The summed E-state index contributed by atoms with van der Waals surface area (Å²) in [5.74, 6) is -0.415. The quantitative estimate of drug-likeness (QED) is 0.722. The number of para-hydroxylation sites is 1. The Morgan fingerprint density at radius 1 is 1.09 bits per heavy atom. The summed E-state index contributed by atoms with van der Waals surface area (Å²) in [4.78, 5) is 16.8. The number of benzene rings is 2. The average Bonchev–Trinajstić information content (AvgIpc) is 2.96. The molecule has 0 amide bonds. The van der Waals surface area contributed by atoms with Crippen LogP contribution in [0.2, 0.25) is 5.02 Å². The van der Waals surface area contributed by atoms with Crippen molar-refractivity contribution in [3.63, 3.8) is 0 Å². The summed E-state index contributed by atoms with van der Waals surface area (Å²) in [6, 6.07) is 12.1. The SMILES string of the molecule is O=C1C(c2c(O)c3c(Cl)cccc3n2Cl)=Nc2ccccc21. The van der Waals surface area contributed by atoms with E-state index in [1.54, 1.807) is 42.5 Å². The standard InChI is InChI=1S/C16H8Cl2N2O2/c17-9-5-3-7-11-12(9)16(22)14(20(11)18)13-15(21)8-4-1-2-6-10(8)19-13/h1-7,22H. The maximum Gasteiger partial charge on any atom is 0.215 e. The lowest BCUT2D eigenvalue weighted by Crippen LogP contribution is -2.13. The van der Waals surface area contributed by atoms with Crippen LogP contribution in [0.25, 0.3) is 10.9 Å². The van der Waals surface area contributed by atoms with Gasteiger partial charge < -0.3 is 5.11 Å². The van der Waals surface area contributed by atoms with E-state index in [0.717, 1.165) is 0 Å². The molecule has 1 aliphatic rings. The zero-order chi connectivity index (χ0) is 15.4. The first-order valence-corrected chi connectivity index (χ1v) is 7.22. The van der Waals surface area contributed by atoms with Gasteiger partial charge in [0.2, 0.25) is 5.78 Å². The van der Waals surface area contributed by atoms with Crippen molar-refractivity contribution in [2.24, 2.45) is 4.99 Å². The van der Waals surface area contributed by atoms with Gasteiger partial charge in [0.15, 0.2) is 5.75 Å². The fourth-order valence-electron chi connectivity index (χ4n) is 2.67. The summed E-state index contributed by atoms with van der Waals surface area (Å²) >= 11 is 12.4. The summed E-state index contributed by atoms with van der Waals surface area (Å²) in [6.07, 6.45) is 0. The monoisotopic (exact) mass is 330 g/mol. The van der Waals surface area contributed by atoms with Crippen molar-refractivity contribution in [3.05, 3.63) is 58.7 Å². The van der Waals surface area contributed by atoms with Crippen LogP contribution in [-0.2, 0) is 0 Å². The van der Waals surface area contributed by atoms with Crippen LogP contribution in [0.15, 0.2) is 47.5 Å². The molecule has 108 valence electrons. The van der Waals surface area contributed by atoms with Gasteiger partial charge in [0, 0.05) is 17.3 Å². The second-order valence-electron chi connectivity index (χ2n) is 4.92. The molecule has 4 rings (SSSR count). The van der Waals surface area contributed by atoms with Gasteiger partial charge in [-0.1, -0.05) is 29.8 Å². The Labute approximate surface area is 135 Å². The summed E-state index contributed by atoms with van der Waals surface area (Å²) in [6.45, 7) is 0. The number of aromatic nitrogens is 1. The van der Waals surface area contributed by atoms with Gasteiger partial charge in [0.25, 0.3) is 0 Å². The number of hydrogen-bond acceptors (Lipinski definition) is 3. The van der Waals surface area contributed by atoms with E-state index in [1.165, 1.54) is 4.09 Å². The Morgan fingerprint density at radius 3 is 2.59 bits per heavy atom. The van der Waals surface area contributed by atoms with Crippen LogP contribution in [0.4, 0.5) is 5.69 Å². The third kappa shape index (κ3) is 1.65. The first kappa shape index (κ1) is 13.4. The molecule has 0 bridgehead atoms. The van der Waals surface area contributed by atoms with E-state index in [-0.39, 0.29) is 22.9 Å². The molecule has 0 spiro atoms. The topological polar surface area (TPSA) is 54.6 Å². The molecule has 0 radical (unpaired) electrons.